The highest BCUT2D eigenvalue weighted by atomic mass is 19.4. The van der Waals surface area contributed by atoms with Crippen molar-refractivity contribution in [1.82, 2.24) is 5.32 Å². The maximum atomic E-state index is 12.0. The predicted molar refractivity (Wildman–Crippen MR) is 54.6 cm³/mol. The summed E-state index contributed by atoms with van der Waals surface area (Å²) in [6.45, 7) is 3.45. The highest BCUT2D eigenvalue weighted by molar-refractivity contribution is 4.80. The van der Waals surface area contributed by atoms with Crippen LogP contribution in [0.5, 0.6) is 0 Å². The zero-order valence-corrected chi connectivity index (χ0v) is 9.40. The molecule has 1 rings (SSSR count). The first-order valence-corrected chi connectivity index (χ1v) is 5.68. The van der Waals surface area contributed by atoms with Crippen molar-refractivity contribution >= 4 is 0 Å². The van der Waals surface area contributed by atoms with Crippen molar-refractivity contribution in [2.75, 3.05) is 6.54 Å². The van der Waals surface area contributed by atoms with Gasteiger partial charge < -0.3 is 5.32 Å². The molecule has 90 valence electrons. The zero-order valence-electron chi connectivity index (χ0n) is 9.40. The van der Waals surface area contributed by atoms with Crippen LogP contribution in [-0.4, -0.2) is 18.8 Å². The van der Waals surface area contributed by atoms with Gasteiger partial charge in [0.25, 0.3) is 0 Å². The van der Waals surface area contributed by atoms with E-state index in [-0.39, 0.29) is 6.04 Å². The summed E-state index contributed by atoms with van der Waals surface area (Å²) in [5.74, 6) is 1.17. The van der Waals surface area contributed by atoms with Gasteiger partial charge in [-0.05, 0) is 24.7 Å². The Bertz CT molecular complexity index is 189. The molecule has 1 N–H and O–H groups in total. The highest BCUT2D eigenvalue weighted by Crippen LogP contribution is 2.30. The summed E-state index contributed by atoms with van der Waals surface area (Å²) in [5, 5.41) is 2.62. The SMILES string of the molecule is CC(C)C1CCCC(NCC(F)(F)F)C1. The first-order valence-electron chi connectivity index (χ1n) is 5.68. The molecule has 0 heterocycles. The fourth-order valence-corrected chi connectivity index (χ4v) is 2.28. The molecule has 1 saturated carbocycles. The third-order valence-corrected chi connectivity index (χ3v) is 3.25. The Balaban J connectivity index is 2.30. The zero-order chi connectivity index (χ0) is 11.5. The van der Waals surface area contributed by atoms with E-state index in [1.165, 1.54) is 6.42 Å². The molecule has 0 aromatic carbocycles. The van der Waals surface area contributed by atoms with E-state index >= 15 is 0 Å². The first kappa shape index (κ1) is 12.8. The minimum Gasteiger partial charge on any atom is -0.306 e. The van der Waals surface area contributed by atoms with Gasteiger partial charge in [0.05, 0.1) is 6.54 Å². The van der Waals surface area contributed by atoms with Crippen molar-refractivity contribution in [1.29, 1.82) is 0 Å². The van der Waals surface area contributed by atoms with Crippen LogP contribution in [0.15, 0.2) is 0 Å². The predicted octanol–water partition coefficient (Wildman–Crippen LogP) is 3.35. The molecule has 1 fully saturated rings. The van der Waals surface area contributed by atoms with Crippen LogP contribution >= 0.6 is 0 Å². The second kappa shape index (κ2) is 5.19. The van der Waals surface area contributed by atoms with Gasteiger partial charge in [0, 0.05) is 6.04 Å². The van der Waals surface area contributed by atoms with E-state index < -0.39 is 12.7 Å². The molecule has 0 aromatic rings. The van der Waals surface area contributed by atoms with E-state index in [2.05, 4.69) is 19.2 Å². The molecule has 0 amide bonds. The maximum absolute atomic E-state index is 12.0. The van der Waals surface area contributed by atoms with Gasteiger partial charge in [0.2, 0.25) is 0 Å². The van der Waals surface area contributed by atoms with Crippen LogP contribution in [0.4, 0.5) is 13.2 Å². The Morgan fingerprint density at radius 1 is 1.27 bits per heavy atom. The Labute approximate surface area is 89.4 Å². The molecular formula is C11H20F3N. The van der Waals surface area contributed by atoms with Gasteiger partial charge in [-0.15, -0.1) is 0 Å². The summed E-state index contributed by atoms with van der Waals surface area (Å²) >= 11 is 0. The molecule has 0 aromatic heterocycles. The average Bonchev–Trinajstić information content (AvgIpc) is 2.14. The molecule has 0 saturated heterocycles. The van der Waals surface area contributed by atoms with E-state index in [0.29, 0.717) is 11.8 Å². The Morgan fingerprint density at radius 3 is 2.47 bits per heavy atom. The molecule has 0 spiro atoms. The van der Waals surface area contributed by atoms with Gasteiger partial charge in [-0.25, -0.2) is 0 Å². The van der Waals surface area contributed by atoms with E-state index in [0.717, 1.165) is 19.3 Å². The third-order valence-electron chi connectivity index (χ3n) is 3.25. The number of rotatable bonds is 3. The highest BCUT2D eigenvalue weighted by Gasteiger charge is 2.30. The quantitative estimate of drug-likeness (QED) is 0.773. The first-order chi connectivity index (χ1) is 6.88. The topological polar surface area (TPSA) is 12.0 Å². The van der Waals surface area contributed by atoms with Crippen molar-refractivity contribution in [2.24, 2.45) is 11.8 Å². The van der Waals surface area contributed by atoms with Gasteiger partial charge in [-0.3, -0.25) is 0 Å². The Morgan fingerprint density at radius 2 is 1.93 bits per heavy atom. The lowest BCUT2D eigenvalue weighted by molar-refractivity contribution is -0.126. The maximum Gasteiger partial charge on any atom is 0.401 e. The summed E-state index contributed by atoms with van der Waals surface area (Å²) in [6, 6.07) is 0.0628. The molecule has 15 heavy (non-hydrogen) atoms. The van der Waals surface area contributed by atoms with Gasteiger partial charge in [0.1, 0.15) is 0 Å². The minimum absolute atomic E-state index is 0.0628. The van der Waals surface area contributed by atoms with Crippen molar-refractivity contribution in [2.45, 2.75) is 51.7 Å². The molecule has 0 bridgehead atoms. The third kappa shape index (κ3) is 4.87. The number of hydrogen-bond acceptors (Lipinski definition) is 1. The van der Waals surface area contributed by atoms with Crippen LogP contribution in [0.3, 0.4) is 0 Å². The van der Waals surface area contributed by atoms with Gasteiger partial charge in [-0.1, -0.05) is 26.7 Å². The van der Waals surface area contributed by atoms with Crippen LogP contribution in [-0.2, 0) is 0 Å². The number of halogens is 3. The normalized spacial score (nSPS) is 28.4. The lowest BCUT2D eigenvalue weighted by Gasteiger charge is -2.32. The lowest BCUT2D eigenvalue weighted by Crippen LogP contribution is -2.40. The molecule has 2 unspecified atom stereocenters. The van der Waals surface area contributed by atoms with Gasteiger partial charge in [-0.2, -0.15) is 13.2 Å². The largest absolute Gasteiger partial charge is 0.401 e. The van der Waals surface area contributed by atoms with E-state index in [4.69, 9.17) is 0 Å². The molecule has 4 heteroatoms. The van der Waals surface area contributed by atoms with Crippen molar-refractivity contribution < 1.29 is 13.2 Å². The van der Waals surface area contributed by atoms with Crippen LogP contribution < -0.4 is 5.32 Å². The standard InChI is InChI=1S/C11H20F3N/c1-8(2)9-4-3-5-10(6-9)15-7-11(12,13)14/h8-10,15H,3-7H2,1-2H3. The monoisotopic (exact) mass is 223 g/mol. The molecule has 1 aliphatic rings. The van der Waals surface area contributed by atoms with Crippen molar-refractivity contribution in [3.8, 4) is 0 Å². The fraction of sp³-hybridized carbons (Fsp3) is 1.00. The van der Waals surface area contributed by atoms with E-state index in [1.54, 1.807) is 0 Å². The average molecular weight is 223 g/mol. The van der Waals surface area contributed by atoms with Crippen LogP contribution in [0.1, 0.15) is 39.5 Å². The number of hydrogen-bond donors (Lipinski definition) is 1. The van der Waals surface area contributed by atoms with Crippen molar-refractivity contribution in [3.63, 3.8) is 0 Å². The smallest absolute Gasteiger partial charge is 0.306 e. The molecule has 1 nitrogen and oxygen atoms in total. The molecular weight excluding hydrogens is 203 g/mol. The fourth-order valence-electron chi connectivity index (χ4n) is 2.28. The number of nitrogens with one attached hydrogen (secondary N) is 1. The summed E-state index contributed by atoms with van der Waals surface area (Å²) in [6.07, 6.45) is -0.0714. The summed E-state index contributed by atoms with van der Waals surface area (Å²) in [4.78, 5) is 0. The van der Waals surface area contributed by atoms with Crippen LogP contribution in [0.25, 0.3) is 0 Å². The molecule has 1 aliphatic carbocycles. The Hall–Kier alpha value is -0.250. The summed E-state index contributed by atoms with van der Waals surface area (Å²) < 4.78 is 36.0. The lowest BCUT2D eigenvalue weighted by atomic mass is 9.79. The van der Waals surface area contributed by atoms with Crippen LogP contribution in [0, 0.1) is 11.8 Å². The summed E-state index contributed by atoms with van der Waals surface area (Å²) in [7, 11) is 0. The van der Waals surface area contributed by atoms with Gasteiger partial charge >= 0.3 is 6.18 Å². The minimum atomic E-state index is -4.08. The van der Waals surface area contributed by atoms with E-state index in [9.17, 15) is 13.2 Å². The van der Waals surface area contributed by atoms with Crippen LogP contribution in [0.2, 0.25) is 0 Å². The van der Waals surface area contributed by atoms with Gasteiger partial charge in [0.15, 0.2) is 0 Å². The molecule has 0 radical (unpaired) electrons. The second-order valence-corrected chi connectivity index (χ2v) is 4.86. The molecule has 0 aliphatic heterocycles. The summed E-state index contributed by atoms with van der Waals surface area (Å²) in [5.41, 5.74) is 0. The number of alkyl halides is 3. The Kier molecular flexibility index (Phi) is 4.44. The van der Waals surface area contributed by atoms with E-state index in [1.807, 2.05) is 0 Å². The van der Waals surface area contributed by atoms with Crippen molar-refractivity contribution in [3.05, 3.63) is 0 Å². The second-order valence-electron chi connectivity index (χ2n) is 4.86. The molecule has 2 atom stereocenters.